The van der Waals surface area contributed by atoms with Crippen molar-refractivity contribution in [2.75, 3.05) is 25.5 Å². The molecule has 2 amide bonds. The highest BCUT2D eigenvalue weighted by molar-refractivity contribution is 6.33. The molecule has 1 fully saturated rings. The molecule has 0 radical (unpaired) electrons. The fraction of sp³-hybridized carbons (Fsp3) is 0.429. The van der Waals surface area contributed by atoms with Crippen LogP contribution in [-0.2, 0) is 16.0 Å². The molecule has 0 spiro atoms. The Kier molecular flexibility index (Phi) is 4.29. The Morgan fingerprint density at radius 1 is 1.43 bits per heavy atom. The van der Waals surface area contributed by atoms with Gasteiger partial charge in [0.15, 0.2) is 6.29 Å². The number of amides is 2. The zero-order valence-corrected chi connectivity index (χ0v) is 12.9. The van der Waals surface area contributed by atoms with E-state index in [1.54, 1.807) is 17.0 Å². The fourth-order valence-electron chi connectivity index (χ4n) is 2.65. The van der Waals surface area contributed by atoms with E-state index in [1.165, 1.54) is 0 Å². The first kappa shape index (κ1) is 15.9. The van der Waals surface area contributed by atoms with Crippen LogP contribution in [0.5, 0.6) is 0 Å². The van der Waals surface area contributed by atoms with Crippen molar-refractivity contribution in [2.24, 2.45) is 0 Å². The van der Waals surface area contributed by atoms with Gasteiger partial charge in [-0.15, -0.1) is 0 Å². The number of hydrogen-bond donors (Lipinski definition) is 3. The molecule has 1 aromatic carbocycles. The van der Waals surface area contributed by atoms with Gasteiger partial charge in [-0.05, 0) is 17.7 Å². The van der Waals surface area contributed by atoms with Gasteiger partial charge in [0, 0.05) is 12.1 Å². The number of nitrogens with zero attached hydrogens (tertiary/aromatic N) is 1. The smallest absolute Gasteiger partial charge is 0.405 e. The number of anilines is 1. The van der Waals surface area contributed by atoms with E-state index in [2.05, 4.69) is 5.32 Å². The Hall–Kier alpha value is -2.03. The van der Waals surface area contributed by atoms with Crippen molar-refractivity contribution < 1.29 is 24.2 Å². The molecule has 0 aliphatic carbocycles. The Labute approximate surface area is 137 Å². The van der Waals surface area contributed by atoms with Crippen LogP contribution in [0.1, 0.15) is 15.9 Å². The first-order valence-electron chi connectivity index (χ1n) is 7.04. The summed E-state index contributed by atoms with van der Waals surface area (Å²) in [5.41, 5.74) is 7.55. The summed E-state index contributed by atoms with van der Waals surface area (Å²) in [5.74, 6) is -0.153. The highest BCUT2D eigenvalue weighted by Gasteiger charge is 2.32. The molecule has 2 aliphatic rings. The summed E-state index contributed by atoms with van der Waals surface area (Å²) in [4.78, 5) is 24.5. The molecule has 124 valence electrons. The number of nitrogen functional groups attached to an aromatic ring is 1. The van der Waals surface area contributed by atoms with Crippen LogP contribution >= 0.6 is 11.6 Å². The average Bonchev–Trinajstić information content (AvgIpc) is 2.78. The zero-order valence-electron chi connectivity index (χ0n) is 12.1. The van der Waals surface area contributed by atoms with Gasteiger partial charge < -0.3 is 30.5 Å². The molecule has 2 aliphatic heterocycles. The van der Waals surface area contributed by atoms with Crippen LogP contribution in [0.15, 0.2) is 12.1 Å². The third kappa shape index (κ3) is 3.34. The lowest BCUT2D eigenvalue weighted by molar-refractivity contribution is -0.193. The molecule has 8 nitrogen and oxygen atoms in total. The largest absolute Gasteiger partial charge is 0.465 e. The number of fused-ring (bicyclic) bond motifs is 1. The summed E-state index contributed by atoms with van der Waals surface area (Å²) in [6.07, 6.45) is -1.71. The highest BCUT2D eigenvalue weighted by atomic mass is 35.5. The maximum absolute atomic E-state index is 12.4. The number of carbonyl (C=O) groups is 2. The fourth-order valence-corrected chi connectivity index (χ4v) is 2.81. The van der Waals surface area contributed by atoms with E-state index in [4.69, 9.17) is 31.9 Å². The normalized spacial score (nSPS) is 23.7. The lowest BCUT2D eigenvalue weighted by Gasteiger charge is -2.31. The highest BCUT2D eigenvalue weighted by Crippen LogP contribution is 2.30. The number of rotatable bonds is 3. The van der Waals surface area contributed by atoms with Gasteiger partial charge in [-0.1, -0.05) is 11.6 Å². The van der Waals surface area contributed by atoms with Gasteiger partial charge in [-0.25, -0.2) is 4.79 Å². The van der Waals surface area contributed by atoms with Crippen LogP contribution in [0, 0.1) is 0 Å². The molecule has 2 heterocycles. The maximum atomic E-state index is 12.4. The summed E-state index contributed by atoms with van der Waals surface area (Å²) in [6.45, 7) is 1.07. The molecule has 3 rings (SSSR count). The van der Waals surface area contributed by atoms with Gasteiger partial charge in [0.2, 0.25) is 0 Å². The minimum atomic E-state index is -1.12. The van der Waals surface area contributed by atoms with E-state index >= 15 is 0 Å². The van der Waals surface area contributed by atoms with E-state index in [-0.39, 0.29) is 25.7 Å². The van der Waals surface area contributed by atoms with E-state index in [9.17, 15) is 9.59 Å². The maximum Gasteiger partial charge on any atom is 0.405 e. The second-order valence-corrected chi connectivity index (χ2v) is 5.87. The van der Waals surface area contributed by atoms with Gasteiger partial charge in [0.25, 0.3) is 5.91 Å². The third-order valence-corrected chi connectivity index (χ3v) is 4.09. The van der Waals surface area contributed by atoms with E-state index in [0.29, 0.717) is 22.8 Å². The van der Waals surface area contributed by atoms with Gasteiger partial charge in [-0.3, -0.25) is 4.79 Å². The van der Waals surface area contributed by atoms with Crippen LogP contribution in [0.4, 0.5) is 10.5 Å². The van der Waals surface area contributed by atoms with Crippen molar-refractivity contribution in [1.29, 1.82) is 0 Å². The molecule has 0 bridgehead atoms. The van der Waals surface area contributed by atoms with Crippen molar-refractivity contribution in [2.45, 2.75) is 18.9 Å². The van der Waals surface area contributed by atoms with Crippen LogP contribution in [-0.4, -0.2) is 54.1 Å². The van der Waals surface area contributed by atoms with E-state index in [0.717, 1.165) is 5.56 Å². The first-order valence-corrected chi connectivity index (χ1v) is 7.41. The number of ether oxygens (including phenoxy) is 2. The predicted molar refractivity (Wildman–Crippen MR) is 81.2 cm³/mol. The molecule has 9 heteroatoms. The molecular weight excluding hydrogens is 326 g/mol. The SMILES string of the molecule is Nc1cc2c(cc1Cl)C(=O)N(C[C@H]1OC[C@@H](NC(=O)O)CO1)C2. The van der Waals surface area contributed by atoms with Gasteiger partial charge in [0.1, 0.15) is 0 Å². The Bertz CT molecular complexity index is 646. The van der Waals surface area contributed by atoms with Crippen molar-refractivity contribution in [1.82, 2.24) is 10.2 Å². The average molecular weight is 342 g/mol. The zero-order chi connectivity index (χ0) is 16.6. The number of benzene rings is 1. The van der Waals surface area contributed by atoms with E-state index in [1.807, 2.05) is 0 Å². The summed E-state index contributed by atoms with van der Waals surface area (Å²) >= 11 is 5.95. The van der Waals surface area contributed by atoms with Crippen LogP contribution in [0.25, 0.3) is 0 Å². The monoisotopic (exact) mass is 341 g/mol. The number of carboxylic acid groups (broad SMARTS) is 1. The van der Waals surface area contributed by atoms with Gasteiger partial charge in [0.05, 0.1) is 36.5 Å². The van der Waals surface area contributed by atoms with E-state index < -0.39 is 18.4 Å². The number of halogens is 1. The Morgan fingerprint density at radius 3 is 2.78 bits per heavy atom. The predicted octanol–water partition coefficient (Wildman–Crippen LogP) is 0.887. The Balaban J connectivity index is 1.58. The number of nitrogens with two attached hydrogens (primary N) is 1. The molecular formula is C14H16ClN3O5. The minimum Gasteiger partial charge on any atom is -0.465 e. The van der Waals surface area contributed by atoms with Crippen LogP contribution < -0.4 is 11.1 Å². The molecule has 0 aromatic heterocycles. The minimum absolute atomic E-state index is 0.153. The molecule has 23 heavy (non-hydrogen) atoms. The number of hydrogen-bond acceptors (Lipinski definition) is 5. The van der Waals surface area contributed by atoms with Crippen LogP contribution in [0.2, 0.25) is 5.02 Å². The van der Waals surface area contributed by atoms with Gasteiger partial charge in [-0.2, -0.15) is 0 Å². The second-order valence-electron chi connectivity index (χ2n) is 5.46. The molecule has 4 N–H and O–H groups in total. The van der Waals surface area contributed by atoms with Crippen molar-refractivity contribution in [3.05, 3.63) is 28.3 Å². The number of nitrogens with one attached hydrogen (secondary N) is 1. The molecule has 0 unspecified atom stereocenters. The van der Waals surface area contributed by atoms with Crippen molar-refractivity contribution in [3.63, 3.8) is 0 Å². The van der Waals surface area contributed by atoms with Crippen LogP contribution in [0.3, 0.4) is 0 Å². The summed E-state index contributed by atoms with van der Waals surface area (Å²) in [7, 11) is 0. The summed E-state index contributed by atoms with van der Waals surface area (Å²) < 4.78 is 10.9. The topological polar surface area (TPSA) is 114 Å². The van der Waals surface area contributed by atoms with Gasteiger partial charge >= 0.3 is 6.09 Å². The summed E-state index contributed by atoms with van der Waals surface area (Å²) in [6, 6.07) is 2.86. The molecule has 0 saturated carbocycles. The third-order valence-electron chi connectivity index (χ3n) is 3.77. The first-order chi connectivity index (χ1) is 10.9. The quantitative estimate of drug-likeness (QED) is 0.703. The lowest BCUT2D eigenvalue weighted by Crippen LogP contribution is -2.49. The van der Waals surface area contributed by atoms with Crippen molar-refractivity contribution >= 4 is 29.3 Å². The second kappa shape index (κ2) is 6.23. The van der Waals surface area contributed by atoms with Crippen molar-refractivity contribution in [3.8, 4) is 0 Å². The lowest BCUT2D eigenvalue weighted by atomic mass is 10.1. The number of carbonyl (C=O) groups excluding carboxylic acids is 1. The standard InChI is InChI=1S/C14H16ClN3O5/c15-10-2-9-7(1-11(10)16)3-18(13(9)19)4-12-22-5-8(6-23-12)17-14(20)21/h1-2,8,12,17H,3-6,16H2,(H,20,21)/t8-,12+. The summed E-state index contributed by atoms with van der Waals surface area (Å²) in [5, 5.41) is 11.3. The molecule has 1 aromatic rings. The molecule has 1 saturated heterocycles. The molecule has 0 atom stereocenters. The Morgan fingerprint density at radius 2 is 2.13 bits per heavy atom.